The van der Waals surface area contributed by atoms with Crippen LogP contribution in [0.3, 0.4) is 0 Å². The molecule has 1 aliphatic heterocycles. The van der Waals surface area contributed by atoms with Crippen molar-refractivity contribution < 1.29 is 4.74 Å². The highest BCUT2D eigenvalue weighted by molar-refractivity contribution is 9.10. The molecule has 0 amide bonds. The molecule has 1 aliphatic rings. The molecule has 1 aromatic rings. The van der Waals surface area contributed by atoms with E-state index in [0.717, 1.165) is 42.5 Å². The Morgan fingerprint density at radius 2 is 2.31 bits per heavy atom. The molecule has 0 radical (unpaired) electrons. The Morgan fingerprint density at radius 1 is 1.50 bits per heavy atom. The fraction of sp³-hybridized carbons (Fsp3) is 0.538. The number of halogens is 1. The van der Waals surface area contributed by atoms with Gasteiger partial charge in [0.1, 0.15) is 5.75 Å². The molecule has 0 saturated carbocycles. The zero-order chi connectivity index (χ0) is 11.5. The number of hydrogen-bond acceptors (Lipinski definition) is 2. The van der Waals surface area contributed by atoms with Crippen LogP contribution in [0.25, 0.3) is 0 Å². The van der Waals surface area contributed by atoms with Gasteiger partial charge in [0, 0.05) is 16.9 Å². The maximum atomic E-state index is 5.95. The fourth-order valence-corrected chi connectivity index (χ4v) is 2.63. The van der Waals surface area contributed by atoms with Gasteiger partial charge < -0.3 is 10.5 Å². The predicted molar refractivity (Wildman–Crippen MR) is 69.9 cm³/mol. The van der Waals surface area contributed by atoms with E-state index in [-0.39, 0.29) is 0 Å². The Kier molecular flexibility index (Phi) is 3.87. The monoisotopic (exact) mass is 283 g/mol. The van der Waals surface area contributed by atoms with E-state index in [9.17, 15) is 0 Å². The molecule has 2 nitrogen and oxygen atoms in total. The second-order valence-corrected chi connectivity index (χ2v) is 5.27. The lowest BCUT2D eigenvalue weighted by Crippen LogP contribution is -2.19. The minimum atomic E-state index is 0.302. The van der Waals surface area contributed by atoms with Gasteiger partial charge in [-0.25, -0.2) is 0 Å². The van der Waals surface area contributed by atoms with E-state index in [1.807, 2.05) is 0 Å². The second kappa shape index (κ2) is 5.19. The van der Waals surface area contributed by atoms with Crippen LogP contribution in [0.15, 0.2) is 16.6 Å². The van der Waals surface area contributed by atoms with Gasteiger partial charge in [-0.15, -0.1) is 0 Å². The van der Waals surface area contributed by atoms with Crippen LogP contribution in [0.5, 0.6) is 5.75 Å². The standard InChI is InChI=1S/C13H18BrNO/c1-2-12(15)4-3-9-7-11(14)8-10-5-6-16-13(9)10/h7-8,12H,2-6,15H2,1H3. The molecule has 2 rings (SSSR count). The molecule has 88 valence electrons. The summed E-state index contributed by atoms with van der Waals surface area (Å²) in [6.45, 7) is 2.95. The van der Waals surface area contributed by atoms with Gasteiger partial charge in [0.15, 0.2) is 0 Å². The van der Waals surface area contributed by atoms with Crippen molar-refractivity contribution in [1.29, 1.82) is 0 Å². The van der Waals surface area contributed by atoms with Crippen molar-refractivity contribution in [2.24, 2.45) is 5.73 Å². The third-order valence-corrected chi connectivity index (χ3v) is 3.59. The van der Waals surface area contributed by atoms with Crippen molar-refractivity contribution in [3.05, 3.63) is 27.7 Å². The van der Waals surface area contributed by atoms with Crippen molar-refractivity contribution in [3.8, 4) is 5.75 Å². The van der Waals surface area contributed by atoms with Crippen LogP contribution in [-0.4, -0.2) is 12.6 Å². The van der Waals surface area contributed by atoms with Gasteiger partial charge in [0.2, 0.25) is 0 Å². The van der Waals surface area contributed by atoms with Gasteiger partial charge in [0.05, 0.1) is 6.61 Å². The molecular weight excluding hydrogens is 266 g/mol. The molecule has 0 spiro atoms. The predicted octanol–water partition coefficient (Wildman–Crippen LogP) is 3.05. The van der Waals surface area contributed by atoms with Crippen LogP contribution in [0, 0.1) is 0 Å². The molecule has 1 heterocycles. The number of benzene rings is 1. The molecule has 0 aromatic heterocycles. The minimum absolute atomic E-state index is 0.302. The Labute approximate surface area is 105 Å². The molecule has 16 heavy (non-hydrogen) atoms. The quantitative estimate of drug-likeness (QED) is 0.922. The van der Waals surface area contributed by atoms with E-state index >= 15 is 0 Å². The van der Waals surface area contributed by atoms with Crippen molar-refractivity contribution in [2.45, 2.75) is 38.6 Å². The number of rotatable bonds is 4. The maximum Gasteiger partial charge on any atom is 0.125 e. The number of fused-ring (bicyclic) bond motifs is 1. The normalized spacial score (nSPS) is 15.7. The molecule has 0 aliphatic carbocycles. The summed E-state index contributed by atoms with van der Waals surface area (Å²) in [4.78, 5) is 0. The van der Waals surface area contributed by atoms with Crippen LogP contribution in [0.2, 0.25) is 0 Å². The molecule has 1 aromatic carbocycles. The van der Waals surface area contributed by atoms with E-state index < -0.39 is 0 Å². The zero-order valence-electron chi connectivity index (χ0n) is 9.63. The number of nitrogens with two attached hydrogens (primary N) is 1. The Bertz CT molecular complexity index is 378. The molecule has 1 unspecified atom stereocenters. The van der Waals surface area contributed by atoms with Crippen LogP contribution < -0.4 is 10.5 Å². The lowest BCUT2D eigenvalue weighted by Gasteiger charge is -2.12. The Hall–Kier alpha value is -0.540. The molecule has 3 heteroatoms. The van der Waals surface area contributed by atoms with Crippen molar-refractivity contribution >= 4 is 15.9 Å². The van der Waals surface area contributed by atoms with Gasteiger partial charge in [0.25, 0.3) is 0 Å². The van der Waals surface area contributed by atoms with Crippen molar-refractivity contribution in [2.75, 3.05) is 6.61 Å². The molecule has 1 atom stereocenters. The number of aryl methyl sites for hydroxylation is 1. The fourth-order valence-electron chi connectivity index (χ4n) is 2.08. The SMILES string of the molecule is CCC(N)CCc1cc(Br)cc2c1OCC2. The summed E-state index contributed by atoms with van der Waals surface area (Å²) in [6.07, 6.45) is 4.11. The van der Waals surface area contributed by atoms with Gasteiger partial charge in [-0.05, 0) is 42.5 Å². The highest BCUT2D eigenvalue weighted by atomic mass is 79.9. The summed E-state index contributed by atoms with van der Waals surface area (Å²) in [5.41, 5.74) is 8.58. The minimum Gasteiger partial charge on any atom is -0.493 e. The van der Waals surface area contributed by atoms with Gasteiger partial charge in [-0.1, -0.05) is 22.9 Å². The van der Waals surface area contributed by atoms with Crippen molar-refractivity contribution in [1.82, 2.24) is 0 Å². The summed E-state index contributed by atoms with van der Waals surface area (Å²) in [5.74, 6) is 1.10. The average molecular weight is 284 g/mol. The lowest BCUT2D eigenvalue weighted by molar-refractivity contribution is 0.352. The molecule has 0 saturated heterocycles. The van der Waals surface area contributed by atoms with E-state index in [4.69, 9.17) is 10.5 Å². The third kappa shape index (κ3) is 2.58. The van der Waals surface area contributed by atoms with Crippen LogP contribution >= 0.6 is 15.9 Å². The first-order chi connectivity index (χ1) is 7.70. The molecule has 2 N–H and O–H groups in total. The maximum absolute atomic E-state index is 5.95. The molecule has 0 fully saturated rings. The van der Waals surface area contributed by atoms with Crippen LogP contribution in [0.4, 0.5) is 0 Å². The largest absolute Gasteiger partial charge is 0.493 e. The van der Waals surface area contributed by atoms with Crippen LogP contribution in [0.1, 0.15) is 30.9 Å². The van der Waals surface area contributed by atoms with E-state index in [1.165, 1.54) is 11.1 Å². The first kappa shape index (κ1) is 11.9. The summed E-state index contributed by atoms with van der Waals surface area (Å²) < 4.78 is 6.84. The smallest absolute Gasteiger partial charge is 0.125 e. The van der Waals surface area contributed by atoms with Crippen molar-refractivity contribution in [3.63, 3.8) is 0 Å². The zero-order valence-corrected chi connectivity index (χ0v) is 11.2. The van der Waals surface area contributed by atoms with Gasteiger partial charge in [-0.2, -0.15) is 0 Å². The summed E-state index contributed by atoms with van der Waals surface area (Å²) in [7, 11) is 0. The molecular formula is C13H18BrNO. The van der Waals surface area contributed by atoms with Crippen LogP contribution in [-0.2, 0) is 12.8 Å². The lowest BCUT2D eigenvalue weighted by atomic mass is 10.0. The van der Waals surface area contributed by atoms with E-state index in [1.54, 1.807) is 0 Å². The summed E-state index contributed by atoms with van der Waals surface area (Å²) in [6, 6.07) is 4.62. The topological polar surface area (TPSA) is 35.2 Å². The highest BCUT2D eigenvalue weighted by Gasteiger charge is 2.17. The average Bonchev–Trinajstić information content (AvgIpc) is 2.73. The first-order valence-corrected chi connectivity index (χ1v) is 6.69. The number of hydrogen-bond donors (Lipinski definition) is 1. The Balaban J connectivity index is 2.14. The first-order valence-electron chi connectivity index (χ1n) is 5.90. The van der Waals surface area contributed by atoms with Gasteiger partial charge >= 0.3 is 0 Å². The van der Waals surface area contributed by atoms with Gasteiger partial charge in [-0.3, -0.25) is 0 Å². The summed E-state index contributed by atoms with van der Waals surface area (Å²) >= 11 is 3.55. The van der Waals surface area contributed by atoms with E-state index in [0.29, 0.717) is 6.04 Å². The Morgan fingerprint density at radius 3 is 3.06 bits per heavy atom. The highest BCUT2D eigenvalue weighted by Crippen LogP contribution is 2.33. The second-order valence-electron chi connectivity index (χ2n) is 4.36. The number of ether oxygens (including phenoxy) is 1. The summed E-state index contributed by atoms with van der Waals surface area (Å²) in [5, 5.41) is 0. The van der Waals surface area contributed by atoms with E-state index in [2.05, 4.69) is 35.0 Å². The third-order valence-electron chi connectivity index (χ3n) is 3.13. The molecule has 0 bridgehead atoms.